The molecule has 0 fully saturated rings. The van der Waals surface area contributed by atoms with E-state index in [1.54, 1.807) is 0 Å². The summed E-state index contributed by atoms with van der Waals surface area (Å²) in [5.74, 6) is 1.24. The highest BCUT2D eigenvalue weighted by atomic mass is 32.1. The van der Waals surface area contributed by atoms with Crippen LogP contribution in [0.1, 0.15) is 29.4 Å². The van der Waals surface area contributed by atoms with Gasteiger partial charge in [-0.05, 0) is 12.0 Å². The molecule has 0 aliphatic carbocycles. The molecule has 0 bridgehead atoms. The maximum Gasteiger partial charge on any atom is 0.234 e. The molecule has 4 N–H and O–H groups in total. The number of nitrogens with two attached hydrogens (primary N) is 2. The molecule has 0 aliphatic heterocycles. The summed E-state index contributed by atoms with van der Waals surface area (Å²) in [5.41, 5.74) is 12.9. The zero-order valence-electron chi connectivity index (χ0n) is 9.86. The summed E-state index contributed by atoms with van der Waals surface area (Å²) in [5, 5.41) is 7.80. The Kier molecular flexibility index (Phi) is 4.35. The highest BCUT2D eigenvalue weighted by Crippen LogP contribution is 2.17. The van der Waals surface area contributed by atoms with Crippen molar-refractivity contribution in [2.75, 3.05) is 5.75 Å². The molecule has 2 aromatic rings. The first-order valence-electron chi connectivity index (χ1n) is 5.70. The third kappa shape index (κ3) is 3.10. The van der Waals surface area contributed by atoms with Gasteiger partial charge in [-0.2, -0.15) is 12.6 Å². The Hall–Kier alpha value is -1.37. The van der Waals surface area contributed by atoms with E-state index in [0.717, 1.165) is 5.56 Å². The fourth-order valence-electron chi connectivity index (χ4n) is 1.58. The van der Waals surface area contributed by atoms with Gasteiger partial charge in [0.15, 0.2) is 0 Å². The molecule has 2 unspecified atom stereocenters. The molecular formula is C12H16N4OS. The number of benzene rings is 1. The van der Waals surface area contributed by atoms with Gasteiger partial charge in [-0.1, -0.05) is 30.3 Å². The second-order valence-electron chi connectivity index (χ2n) is 4.06. The van der Waals surface area contributed by atoms with Crippen molar-refractivity contribution in [2.24, 2.45) is 11.5 Å². The maximum atomic E-state index is 6.03. The Balaban J connectivity index is 2.05. The van der Waals surface area contributed by atoms with E-state index in [1.807, 2.05) is 30.3 Å². The fraction of sp³-hybridized carbons (Fsp3) is 0.333. The lowest BCUT2D eigenvalue weighted by atomic mass is 10.1. The topological polar surface area (TPSA) is 91.0 Å². The Morgan fingerprint density at radius 1 is 1.06 bits per heavy atom. The van der Waals surface area contributed by atoms with E-state index in [2.05, 4.69) is 22.8 Å². The van der Waals surface area contributed by atoms with Crippen LogP contribution in [-0.4, -0.2) is 16.0 Å². The van der Waals surface area contributed by atoms with Crippen molar-refractivity contribution < 1.29 is 4.42 Å². The molecule has 96 valence electrons. The summed E-state index contributed by atoms with van der Waals surface area (Å²) in [6.07, 6.45) is 0.651. The van der Waals surface area contributed by atoms with Crippen molar-refractivity contribution in [1.82, 2.24) is 10.2 Å². The zero-order valence-corrected chi connectivity index (χ0v) is 10.8. The minimum Gasteiger partial charge on any atom is -0.422 e. The molecule has 1 aromatic carbocycles. The largest absolute Gasteiger partial charge is 0.422 e. The van der Waals surface area contributed by atoms with Gasteiger partial charge < -0.3 is 15.9 Å². The van der Waals surface area contributed by atoms with E-state index >= 15 is 0 Å². The quantitative estimate of drug-likeness (QED) is 0.707. The van der Waals surface area contributed by atoms with Crippen LogP contribution < -0.4 is 11.5 Å². The molecule has 1 heterocycles. The van der Waals surface area contributed by atoms with Gasteiger partial charge >= 0.3 is 0 Å². The molecule has 1 aromatic heterocycles. The number of nitrogens with zero attached hydrogens (tertiary/aromatic N) is 2. The van der Waals surface area contributed by atoms with Crippen molar-refractivity contribution in [3.8, 4) is 0 Å². The van der Waals surface area contributed by atoms with E-state index in [4.69, 9.17) is 15.9 Å². The number of aromatic nitrogens is 2. The Morgan fingerprint density at radius 3 is 2.28 bits per heavy atom. The van der Waals surface area contributed by atoms with Crippen molar-refractivity contribution in [1.29, 1.82) is 0 Å². The van der Waals surface area contributed by atoms with Crippen molar-refractivity contribution in [3.05, 3.63) is 47.7 Å². The minimum absolute atomic E-state index is 0.319. The van der Waals surface area contributed by atoms with Gasteiger partial charge in [0, 0.05) is 5.75 Å². The summed E-state index contributed by atoms with van der Waals surface area (Å²) < 4.78 is 5.45. The normalized spacial score (nSPS) is 14.4. The highest BCUT2D eigenvalue weighted by molar-refractivity contribution is 7.80. The smallest absolute Gasteiger partial charge is 0.234 e. The molecule has 0 saturated heterocycles. The van der Waals surface area contributed by atoms with E-state index in [0.29, 0.717) is 24.0 Å². The molecule has 18 heavy (non-hydrogen) atoms. The molecule has 0 radical (unpaired) electrons. The average Bonchev–Trinajstić information content (AvgIpc) is 2.88. The average molecular weight is 264 g/mol. The van der Waals surface area contributed by atoms with Crippen molar-refractivity contribution in [3.63, 3.8) is 0 Å². The van der Waals surface area contributed by atoms with Crippen molar-refractivity contribution >= 4 is 12.6 Å². The van der Waals surface area contributed by atoms with Crippen LogP contribution in [0.4, 0.5) is 0 Å². The SMILES string of the molecule is NC(CS)c1nnc(C(N)Cc2ccccc2)o1. The van der Waals surface area contributed by atoms with Gasteiger partial charge in [0.1, 0.15) is 0 Å². The Labute approximate surface area is 111 Å². The van der Waals surface area contributed by atoms with Crippen LogP contribution in [-0.2, 0) is 6.42 Å². The highest BCUT2D eigenvalue weighted by Gasteiger charge is 2.17. The molecular weight excluding hydrogens is 248 g/mol. The number of hydrogen-bond acceptors (Lipinski definition) is 6. The predicted molar refractivity (Wildman–Crippen MR) is 72.2 cm³/mol. The van der Waals surface area contributed by atoms with Crippen LogP contribution in [0.15, 0.2) is 34.7 Å². The van der Waals surface area contributed by atoms with Crippen LogP contribution in [0, 0.1) is 0 Å². The van der Waals surface area contributed by atoms with Crippen molar-refractivity contribution in [2.45, 2.75) is 18.5 Å². The first-order valence-corrected chi connectivity index (χ1v) is 6.33. The van der Waals surface area contributed by atoms with Gasteiger partial charge in [-0.25, -0.2) is 0 Å². The molecule has 6 heteroatoms. The molecule has 5 nitrogen and oxygen atoms in total. The van der Waals surface area contributed by atoms with Crippen LogP contribution in [0.3, 0.4) is 0 Å². The summed E-state index contributed by atoms with van der Waals surface area (Å²) >= 11 is 4.08. The monoisotopic (exact) mass is 264 g/mol. The zero-order chi connectivity index (χ0) is 13.0. The number of thiol groups is 1. The van der Waals surface area contributed by atoms with Crippen LogP contribution >= 0.6 is 12.6 Å². The lowest BCUT2D eigenvalue weighted by Gasteiger charge is -2.07. The summed E-state index contributed by atoms with van der Waals surface area (Å²) in [6.45, 7) is 0. The Morgan fingerprint density at radius 2 is 1.67 bits per heavy atom. The lowest BCUT2D eigenvalue weighted by molar-refractivity contribution is 0.401. The predicted octanol–water partition coefficient (Wildman–Crippen LogP) is 1.24. The lowest BCUT2D eigenvalue weighted by Crippen LogP contribution is -2.14. The van der Waals surface area contributed by atoms with Gasteiger partial charge in [0.25, 0.3) is 0 Å². The Bertz CT molecular complexity index is 488. The second kappa shape index (κ2) is 5.99. The standard InChI is InChI=1S/C12H16N4OS/c13-9(6-8-4-2-1-3-5-8)11-15-16-12(17-11)10(14)7-18/h1-5,9-10,18H,6-7,13-14H2. The number of rotatable bonds is 5. The second-order valence-corrected chi connectivity index (χ2v) is 4.43. The molecule has 0 spiro atoms. The fourth-order valence-corrected chi connectivity index (χ4v) is 1.74. The first kappa shape index (κ1) is 13.1. The van der Waals surface area contributed by atoms with Gasteiger partial charge in [0.05, 0.1) is 12.1 Å². The van der Waals surface area contributed by atoms with E-state index < -0.39 is 0 Å². The molecule has 2 rings (SSSR count). The van der Waals surface area contributed by atoms with Crippen LogP contribution in [0.2, 0.25) is 0 Å². The van der Waals surface area contributed by atoms with Gasteiger partial charge in [0.2, 0.25) is 11.8 Å². The van der Waals surface area contributed by atoms with Crippen LogP contribution in [0.5, 0.6) is 0 Å². The van der Waals surface area contributed by atoms with Gasteiger partial charge in [-0.3, -0.25) is 0 Å². The summed E-state index contributed by atoms with van der Waals surface area (Å²) in [4.78, 5) is 0. The minimum atomic E-state index is -0.349. The summed E-state index contributed by atoms with van der Waals surface area (Å²) in [6, 6.07) is 9.26. The number of hydrogen-bond donors (Lipinski definition) is 3. The molecule has 0 amide bonds. The van der Waals surface area contributed by atoms with Gasteiger partial charge in [-0.15, -0.1) is 10.2 Å². The maximum absolute atomic E-state index is 6.03. The van der Waals surface area contributed by atoms with Crippen LogP contribution in [0.25, 0.3) is 0 Å². The third-order valence-corrected chi connectivity index (χ3v) is 2.98. The van der Waals surface area contributed by atoms with E-state index in [9.17, 15) is 0 Å². The van der Waals surface area contributed by atoms with E-state index in [-0.39, 0.29) is 12.1 Å². The first-order chi connectivity index (χ1) is 8.70. The summed E-state index contributed by atoms with van der Waals surface area (Å²) in [7, 11) is 0. The molecule has 0 aliphatic rings. The molecule has 0 saturated carbocycles. The third-order valence-electron chi connectivity index (χ3n) is 2.59. The van der Waals surface area contributed by atoms with E-state index in [1.165, 1.54) is 0 Å². The molecule has 2 atom stereocenters.